The molecule has 4 aliphatic rings. The van der Waals surface area contributed by atoms with E-state index in [1.165, 1.54) is 13.8 Å². The summed E-state index contributed by atoms with van der Waals surface area (Å²) in [4.78, 5) is 73.9. The molecular formula is C73H132N4O24. The number of amides is 4. The molecule has 4 rings (SSSR count). The van der Waals surface area contributed by atoms with Gasteiger partial charge in [-0.05, 0) is 97.8 Å². The van der Waals surface area contributed by atoms with Gasteiger partial charge in [-0.1, -0.05) is 97.3 Å². The maximum atomic E-state index is 12.6. The van der Waals surface area contributed by atoms with Gasteiger partial charge in [0.2, 0.25) is 23.6 Å². The van der Waals surface area contributed by atoms with Gasteiger partial charge in [0.1, 0.15) is 84.7 Å². The Morgan fingerprint density at radius 1 is 0.406 bits per heavy atom. The SMILES string of the molecule is CCC1OC(OC2C(C)OC(OCCCCCCCC(=O)CCCCCCCNC(=O)CCOC[C@](CC)(CCCCC(=O)NCCCCCCCC(=O)CCCCCCCOC3OC(C)C(OC4OC(C)C(O)C(O)C4NC(C)=O)C(O)C3O)COC)C(O)C2O)C(NC(C)=O)C(O)C1O. The molecule has 0 aromatic heterocycles. The van der Waals surface area contributed by atoms with Gasteiger partial charge < -0.3 is 109 Å². The van der Waals surface area contributed by atoms with E-state index in [2.05, 4.69) is 28.2 Å². The minimum atomic E-state index is -1.44. The number of ketones is 2. The second kappa shape index (κ2) is 50.1. The summed E-state index contributed by atoms with van der Waals surface area (Å²) >= 11 is 0. The Kier molecular flexibility index (Phi) is 44.6. The van der Waals surface area contributed by atoms with Crippen LogP contribution in [0.4, 0.5) is 0 Å². The molecule has 4 aliphatic heterocycles. The molecular weight excluding hydrogens is 1320 g/mol. The van der Waals surface area contributed by atoms with Gasteiger partial charge in [-0.3, -0.25) is 28.8 Å². The van der Waals surface area contributed by atoms with E-state index in [1.54, 1.807) is 34.8 Å². The van der Waals surface area contributed by atoms with Crippen molar-refractivity contribution in [2.45, 2.75) is 370 Å². The fraction of sp³-hybridized carbons (Fsp3) is 0.918. The quantitative estimate of drug-likeness (QED) is 0.0364. The van der Waals surface area contributed by atoms with Crippen LogP contribution in [-0.2, 0) is 76.1 Å². The lowest BCUT2D eigenvalue weighted by atomic mass is 9.81. The van der Waals surface area contributed by atoms with Crippen LogP contribution in [0.25, 0.3) is 0 Å². The third kappa shape index (κ3) is 33.0. The first-order valence-electron chi connectivity index (χ1n) is 38.1. The van der Waals surface area contributed by atoms with E-state index in [1.807, 2.05) is 0 Å². The van der Waals surface area contributed by atoms with Crippen LogP contribution in [0, 0.1) is 5.41 Å². The number of unbranched alkanes of at least 4 members (excludes halogenated alkanes) is 17. The summed E-state index contributed by atoms with van der Waals surface area (Å²) < 4.78 is 58.5. The molecule has 21 atom stereocenters. The zero-order valence-corrected chi connectivity index (χ0v) is 62.0. The van der Waals surface area contributed by atoms with E-state index >= 15 is 0 Å². The van der Waals surface area contributed by atoms with Crippen LogP contribution >= 0.6 is 0 Å². The number of carbonyl (C=O) groups excluding carboxylic acids is 6. The second-order valence-corrected chi connectivity index (χ2v) is 28.5. The highest BCUT2D eigenvalue weighted by Gasteiger charge is 2.52. The number of methoxy groups -OCH3 is 1. The molecule has 20 unspecified atom stereocenters. The molecule has 0 bridgehead atoms. The van der Waals surface area contributed by atoms with Crippen LogP contribution in [-0.4, -0.2) is 252 Å². The Bertz CT molecular complexity index is 2320. The molecule has 0 saturated carbocycles. The highest BCUT2D eigenvalue weighted by molar-refractivity contribution is 5.79. The number of Topliss-reactive ketones (excluding diaryl/α,β-unsaturated/α-hetero) is 2. The van der Waals surface area contributed by atoms with Crippen LogP contribution < -0.4 is 21.3 Å². The number of aliphatic hydroxyl groups is 8. The summed E-state index contributed by atoms with van der Waals surface area (Å²) in [5.41, 5.74) is -0.202. The van der Waals surface area contributed by atoms with Crippen molar-refractivity contribution in [1.82, 2.24) is 21.3 Å². The monoisotopic (exact) mass is 1450 g/mol. The highest BCUT2D eigenvalue weighted by Crippen LogP contribution is 2.34. The Hall–Kier alpha value is -3.50. The Labute approximate surface area is 600 Å². The standard InChI is InChI=1S/C73H132N4O24/c1-9-54-60(85)62(87)58(77-51(7)79)70(99-54)101-68-49(5)98-72(66(91)64(68)89)95-43-32-22-14-18-26-36-53(81)34-24-16-12-20-30-41-75-56(83)38-44-93-46-73(10-2,45-92-8)39-28-27-37-55(82)74-40-29-19-11-15-23-33-52(80)35-25-17-13-21-31-42-94-71-65(90)63(88)67(48(4)97-71)100-69-57(76-50(6)78)61(86)59(84)47(3)96-69/h47-49,54,57-72,84-91H,9-46H2,1-8H3,(H,74,82)(H,75,83)(H,76,78)(H,77,79)/t47?,48?,49?,54?,57?,58?,59?,60?,61?,62?,63?,64?,65?,66?,67?,68?,69?,70?,71?,72?,73-/m1/s1. The maximum absolute atomic E-state index is 12.6. The molecule has 101 heavy (non-hydrogen) atoms. The van der Waals surface area contributed by atoms with Gasteiger partial charge in [0.05, 0.1) is 44.2 Å². The maximum Gasteiger partial charge on any atom is 0.222 e. The average molecular weight is 1450 g/mol. The van der Waals surface area contributed by atoms with Crippen molar-refractivity contribution in [2.75, 3.05) is 53.2 Å². The van der Waals surface area contributed by atoms with E-state index in [-0.39, 0.29) is 35.2 Å². The Morgan fingerprint density at radius 3 is 1.24 bits per heavy atom. The third-order valence-electron chi connectivity index (χ3n) is 19.9. The van der Waals surface area contributed by atoms with Crippen molar-refractivity contribution < 1.29 is 117 Å². The predicted molar refractivity (Wildman–Crippen MR) is 372 cm³/mol. The summed E-state index contributed by atoms with van der Waals surface area (Å²) in [6, 6.07) is -2.24. The van der Waals surface area contributed by atoms with Gasteiger partial charge in [0.15, 0.2) is 25.2 Å². The first-order valence-corrected chi connectivity index (χ1v) is 38.1. The Morgan fingerprint density at radius 2 is 0.802 bits per heavy atom. The largest absolute Gasteiger partial charge is 0.388 e. The zero-order chi connectivity index (χ0) is 74.3. The minimum Gasteiger partial charge on any atom is -0.388 e. The van der Waals surface area contributed by atoms with Gasteiger partial charge >= 0.3 is 0 Å². The number of ether oxygens (including phenoxy) is 10. The van der Waals surface area contributed by atoms with E-state index in [0.717, 1.165) is 141 Å². The van der Waals surface area contributed by atoms with Crippen LogP contribution in [0.3, 0.4) is 0 Å². The molecule has 0 aliphatic carbocycles. The zero-order valence-electron chi connectivity index (χ0n) is 62.0. The molecule has 28 nitrogen and oxygen atoms in total. The first-order chi connectivity index (χ1) is 48.4. The van der Waals surface area contributed by atoms with Crippen molar-refractivity contribution in [3.8, 4) is 0 Å². The van der Waals surface area contributed by atoms with Crippen LogP contribution in [0.15, 0.2) is 0 Å². The lowest BCUT2D eigenvalue weighted by molar-refractivity contribution is -0.340. The number of rotatable bonds is 54. The summed E-state index contributed by atoms with van der Waals surface area (Å²) in [5, 5.41) is 96.7. The topological polar surface area (TPSA) is 405 Å². The van der Waals surface area contributed by atoms with Crippen molar-refractivity contribution in [2.24, 2.45) is 5.41 Å². The molecule has 588 valence electrons. The van der Waals surface area contributed by atoms with E-state index < -0.39 is 135 Å². The molecule has 28 heteroatoms. The summed E-state index contributed by atoms with van der Waals surface area (Å²) in [7, 11) is 1.68. The lowest BCUT2D eigenvalue weighted by Gasteiger charge is -2.47. The van der Waals surface area contributed by atoms with Crippen molar-refractivity contribution in [3.05, 3.63) is 0 Å². The fourth-order valence-electron chi connectivity index (χ4n) is 13.5. The summed E-state index contributed by atoms with van der Waals surface area (Å²) in [6.45, 7) is 14.4. The number of hydrogen-bond acceptors (Lipinski definition) is 24. The fourth-order valence-corrected chi connectivity index (χ4v) is 13.5. The van der Waals surface area contributed by atoms with Crippen molar-refractivity contribution in [1.29, 1.82) is 0 Å². The lowest BCUT2D eigenvalue weighted by Crippen LogP contribution is -2.66. The van der Waals surface area contributed by atoms with Crippen LogP contribution in [0.1, 0.15) is 248 Å². The smallest absolute Gasteiger partial charge is 0.222 e. The molecule has 4 saturated heterocycles. The van der Waals surface area contributed by atoms with Gasteiger partial charge in [-0.15, -0.1) is 0 Å². The first kappa shape index (κ1) is 89.9. The van der Waals surface area contributed by atoms with E-state index in [4.69, 9.17) is 47.4 Å². The molecule has 4 amide bonds. The Balaban J connectivity index is 0.895. The molecule has 4 heterocycles. The highest BCUT2D eigenvalue weighted by atomic mass is 16.7. The van der Waals surface area contributed by atoms with E-state index in [9.17, 15) is 69.6 Å². The molecule has 0 radical (unpaired) electrons. The van der Waals surface area contributed by atoms with Crippen LogP contribution in [0.2, 0.25) is 0 Å². The number of hydrogen-bond donors (Lipinski definition) is 12. The average Bonchev–Trinajstić information content (AvgIpc) is 0.788. The summed E-state index contributed by atoms with van der Waals surface area (Å²) in [5.74, 6) is -0.387. The number of nitrogens with one attached hydrogen (secondary N) is 4. The molecule has 12 N–H and O–H groups in total. The van der Waals surface area contributed by atoms with Gasteiger partial charge in [-0.2, -0.15) is 0 Å². The van der Waals surface area contributed by atoms with Gasteiger partial charge in [0.25, 0.3) is 0 Å². The van der Waals surface area contributed by atoms with Gasteiger partial charge in [-0.25, -0.2) is 0 Å². The van der Waals surface area contributed by atoms with Crippen molar-refractivity contribution in [3.63, 3.8) is 0 Å². The van der Waals surface area contributed by atoms with Gasteiger partial charge in [0, 0.05) is 91.2 Å². The molecule has 0 aromatic rings. The number of aliphatic hydroxyl groups excluding tert-OH is 8. The predicted octanol–water partition coefficient (Wildman–Crippen LogP) is 4.80. The van der Waals surface area contributed by atoms with E-state index in [0.29, 0.717) is 97.5 Å². The molecule has 0 spiro atoms. The number of carbonyl (C=O) groups is 6. The summed E-state index contributed by atoms with van der Waals surface area (Å²) in [6.07, 6.45) is 3.57. The van der Waals surface area contributed by atoms with Crippen LogP contribution in [0.5, 0.6) is 0 Å². The minimum absolute atomic E-state index is 0.0443. The second-order valence-electron chi connectivity index (χ2n) is 28.5. The molecule has 4 fully saturated rings. The third-order valence-corrected chi connectivity index (χ3v) is 19.9. The van der Waals surface area contributed by atoms with Crippen molar-refractivity contribution >= 4 is 35.2 Å². The molecule has 0 aromatic carbocycles. The normalized spacial score (nSPS) is 30.5.